The zero-order valence-electron chi connectivity index (χ0n) is 14.7. The van der Waals surface area contributed by atoms with Crippen molar-refractivity contribution >= 4 is 5.91 Å². The Morgan fingerprint density at radius 1 is 1.08 bits per heavy atom. The Morgan fingerprint density at radius 2 is 1.76 bits per heavy atom. The molecule has 0 unspecified atom stereocenters. The average molecular weight is 340 g/mol. The molecule has 1 heterocycles. The summed E-state index contributed by atoms with van der Waals surface area (Å²) < 4.78 is 13.3. The van der Waals surface area contributed by atoms with Crippen LogP contribution < -0.4 is 0 Å². The summed E-state index contributed by atoms with van der Waals surface area (Å²) in [4.78, 5) is 16.8. The van der Waals surface area contributed by atoms with E-state index in [0.29, 0.717) is 0 Å². The normalized spacial score (nSPS) is 15.9. The molecule has 1 saturated heterocycles. The molecule has 0 radical (unpaired) electrons. The van der Waals surface area contributed by atoms with Crippen molar-refractivity contribution < 1.29 is 9.18 Å². The highest BCUT2D eigenvalue weighted by Gasteiger charge is 2.25. The standard InChI is InChI=1S/C21H25FN2O/c1-23(21(25)15-18-8-5-9-19(22)14-18)20-10-12-24(13-11-20)16-17-6-3-2-4-7-17/h2-9,14,20H,10-13,15-16H2,1H3. The van der Waals surface area contributed by atoms with Gasteiger partial charge in [-0.1, -0.05) is 42.5 Å². The van der Waals surface area contributed by atoms with E-state index in [1.807, 2.05) is 18.0 Å². The van der Waals surface area contributed by atoms with Crippen molar-refractivity contribution in [2.75, 3.05) is 20.1 Å². The van der Waals surface area contributed by atoms with E-state index in [-0.39, 0.29) is 24.2 Å². The van der Waals surface area contributed by atoms with Gasteiger partial charge in [-0.3, -0.25) is 9.69 Å². The molecule has 0 saturated carbocycles. The molecule has 0 atom stereocenters. The molecule has 3 nitrogen and oxygen atoms in total. The molecule has 0 aromatic heterocycles. The minimum atomic E-state index is -0.290. The van der Waals surface area contributed by atoms with Crippen LogP contribution in [-0.4, -0.2) is 41.9 Å². The Kier molecular flexibility index (Phi) is 5.82. The monoisotopic (exact) mass is 340 g/mol. The number of amides is 1. The number of hydrogen-bond donors (Lipinski definition) is 0. The van der Waals surface area contributed by atoms with Gasteiger partial charge in [-0.15, -0.1) is 0 Å². The third-order valence-electron chi connectivity index (χ3n) is 4.99. The minimum absolute atomic E-state index is 0.0621. The largest absolute Gasteiger partial charge is 0.342 e. The lowest BCUT2D eigenvalue weighted by atomic mass is 10.0. The Morgan fingerprint density at radius 3 is 2.44 bits per heavy atom. The van der Waals surface area contributed by atoms with Gasteiger partial charge in [-0.2, -0.15) is 0 Å². The molecular weight excluding hydrogens is 315 g/mol. The van der Waals surface area contributed by atoms with Crippen molar-refractivity contribution in [3.05, 3.63) is 71.5 Å². The molecule has 0 aliphatic carbocycles. The van der Waals surface area contributed by atoms with Gasteiger partial charge in [0.2, 0.25) is 5.91 Å². The summed E-state index contributed by atoms with van der Waals surface area (Å²) in [6, 6.07) is 17.1. The first-order valence-electron chi connectivity index (χ1n) is 8.88. The fraction of sp³-hybridized carbons (Fsp3) is 0.381. The van der Waals surface area contributed by atoms with Crippen molar-refractivity contribution in [3.8, 4) is 0 Å². The fourth-order valence-electron chi connectivity index (χ4n) is 3.46. The molecular formula is C21H25FN2O. The van der Waals surface area contributed by atoms with Crippen molar-refractivity contribution in [2.45, 2.75) is 31.8 Å². The van der Waals surface area contributed by atoms with Crippen molar-refractivity contribution in [1.29, 1.82) is 0 Å². The van der Waals surface area contributed by atoms with E-state index in [1.54, 1.807) is 12.1 Å². The number of hydrogen-bond acceptors (Lipinski definition) is 2. The zero-order valence-corrected chi connectivity index (χ0v) is 14.7. The Balaban J connectivity index is 1.49. The minimum Gasteiger partial charge on any atom is -0.342 e. The second-order valence-corrected chi connectivity index (χ2v) is 6.80. The fourth-order valence-corrected chi connectivity index (χ4v) is 3.46. The third kappa shape index (κ3) is 4.89. The lowest BCUT2D eigenvalue weighted by molar-refractivity contribution is -0.132. The highest BCUT2D eigenvalue weighted by atomic mass is 19.1. The first-order valence-corrected chi connectivity index (χ1v) is 8.88. The summed E-state index contributed by atoms with van der Waals surface area (Å²) in [5.74, 6) is -0.228. The molecule has 0 N–H and O–H groups in total. The zero-order chi connectivity index (χ0) is 17.6. The van der Waals surface area contributed by atoms with E-state index < -0.39 is 0 Å². The molecule has 3 rings (SSSR count). The number of carbonyl (C=O) groups excluding carboxylic acids is 1. The summed E-state index contributed by atoms with van der Waals surface area (Å²) in [5, 5.41) is 0. The van der Waals surface area contributed by atoms with Crippen LogP contribution in [-0.2, 0) is 17.8 Å². The van der Waals surface area contributed by atoms with Crippen LogP contribution in [0, 0.1) is 5.82 Å². The second-order valence-electron chi connectivity index (χ2n) is 6.80. The third-order valence-corrected chi connectivity index (χ3v) is 4.99. The number of halogens is 1. The van der Waals surface area contributed by atoms with Gasteiger partial charge in [-0.05, 0) is 36.1 Å². The number of piperidine rings is 1. The van der Waals surface area contributed by atoms with Crippen LogP contribution in [0.3, 0.4) is 0 Å². The Hall–Kier alpha value is -2.20. The maximum Gasteiger partial charge on any atom is 0.226 e. The van der Waals surface area contributed by atoms with Crippen molar-refractivity contribution in [3.63, 3.8) is 0 Å². The molecule has 1 aliphatic rings. The van der Waals surface area contributed by atoms with Crippen LogP contribution in [0.5, 0.6) is 0 Å². The quantitative estimate of drug-likeness (QED) is 0.832. The van der Waals surface area contributed by atoms with E-state index in [1.165, 1.54) is 17.7 Å². The topological polar surface area (TPSA) is 23.6 Å². The van der Waals surface area contributed by atoms with E-state index in [9.17, 15) is 9.18 Å². The van der Waals surface area contributed by atoms with Gasteiger partial charge in [0.1, 0.15) is 5.82 Å². The van der Waals surface area contributed by atoms with Crippen molar-refractivity contribution in [1.82, 2.24) is 9.80 Å². The van der Waals surface area contributed by atoms with Crippen LogP contribution in [0.1, 0.15) is 24.0 Å². The van der Waals surface area contributed by atoms with E-state index in [4.69, 9.17) is 0 Å². The van der Waals surface area contributed by atoms with Crippen LogP contribution in [0.15, 0.2) is 54.6 Å². The summed E-state index contributed by atoms with van der Waals surface area (Å²) >= 11 is 0. The van der Waals surface area contributed by atoms with Crippen LogP contribution in [0.25, 0.3) is 0 Å². The number of likely N-dealkylation sites (N-methyl/N-ethyl adjacent to an activating group) is 1. The van der Waals surface area contributed by atoms with Crippen LogP contribution in [0.4, 0.5) is 4.39 Å². The second kappa shape index (κ2) is 8.26. The number of likely N-dealkylation sites (tertiary alicyclic amines) is 1. The SMILES string of the molecule is CN(C(=O)Cc1cccc(F)c1)C1CCN(Cc2ccccc2)CC1. The molecule has 2 aromatic rings. The molecule has 1 fully saturated rings. The van der Waals surface area contributed by atoms with Crippen LogP contribution >= 0.6 is 0 Å². The molecule has 0 bridgehead atoms. The predicted molar refractivity (Wildman–Crippen MR) is 97.6 cm³/mol. The maximum atomic E-state index is 13.3. The average Bonchev–Trinajstić information content (AvgIpc) is 2.62. The van der Waals surface area contributed by atoms with Gasteiger partial charge in [0, 0.05) is 32.7 Å². The highest BCUT2D eigenvalue weighted by molar-refractivity contribution is 5.78. The Labute approximate surface area is 149 Å². The lowest BCUT2D eigenvalue weighted by Gasteiger charge is -2.37. The van der Waals surface area contributed by atoms with Gasteiger partial charge in [0.15, 0.2) is 0 Å². The number of rotatable bonds is 5. The number of carbonyl (C=O) groups is 1. The molecule has 25 heavy (non-hydrogen) atoms. The molecule has 4 heteroatoms. The van der Waals surface area contributed by atoms with Gasteiger partial charge in [-0.25, -0.2) is 4.39 Å². The van der Waals surface area contributed by atoms with E-state index in [0.717, 1.165) is 38.0 Å². The van der Waals surface area contributed by atoms with Gasteiger partial charge in [0.25, 0.3) is 0 Å². The molecule has 132 valence electrons. The van der Waals surface area contributed by atoms with Crippen LogP contribution in [0.2, 0.25) is 0 Å². The number of nitrogens with zero attached hydrogens (tertiary/aromatic N) is 2. The predicted octanol–water partition coefficient (Wildman–Crippen LogP) is 3.49. The highest BCUT2D eigenvalue weighted by Crippen LogP contribution is 2.18. The van der Waals surface area contributed by atoms with Gasteiger partial charge < -0.3 is 4.90 Å². The molecule has 2 aromatic carbocycles. The molecule has 0 spiro atoms. The maximum absolute atomic E-state index is 13.3. The molecule has 1 amide bonds. The summed E-state index contributed by atoms with van der Waals surface area (Å²) in [6.45, 7) is 2.96. The van der Waals surface area contributed by atoms with E-state index in [2.05, 4.69) is 29.2 Å². The lowest BCUT2D eigenvalue weighted by Crippen LogP contribution is -2.45. The Bertz CT molecular complexity index is 696. The summed E-state index contributed by atoms with van der Waals surface area (Å²) in [7, 11) is 1.87. The molecule has 1 aliphatic heterocycles. The smallest absolute Gasteiger partial charge is 0.226 e. The summed E-state index contributed by atoms with van der Waals surface area (Å²) in [5.41, 5.74) is 2.06. The first kappa shape index (κ1) is 17.6. The summed E-state index contributed by atoms with van der Waals surface area (Å²) in [6.07, 6.45) is 2.23. The van der Waals surface area contributed by atoms with Crippen molar-refractivity contribution in [2.24, 2.45) is 0 Å². The first-order chi connectivity index (χ1) is 12.1. The van der Waals surface area contributed by atoms with E-state index >= 15 is 0 Å². The number of benzene rings is 2. The van der Waals surface area contributed by atoms with Gasteiger partial charge >= 0.3 is 0 Å². The van der Waals surface area contributed by atoms with Gasteiger partial charge in [0.05, 0.1) is 6.42 Å².